The third kappa shape index (κ3) is 3.09. The Labute approximate surface area is 148 Å². The van der Waals surface area contributed by atoms with E-state index < -0.39 is 38.2 Å². The minimum absolute atomic E-state index is 0.250. The third-order valence-electron chi connectivity index (χ3n) is 3.02. The van der Waals surface area contributed by atoms with Gasteiger partial charge in [0.25, 0.3) is 0 Å². The van der Waals surface area contributed by atoms with Crippen molar-refractivity contribution in [2.24, 2.45) is 0 Å². The molecule has 1 heterocycles. The van der Waals surface area contributed by atoms with Crippen LogP contribution in [0.25, 0.3) is 0 Å². The first-order chi connectivity index (χ1) is 14.8. The van der Waals surface area contributed by atoms with Crippen molar-refractivity contribution in [2.75, 3.05) is 31.8 Å². The van der Waals surface area contributed by atoms with Crippen LogP contribution < -0.4 is 4.90 Å². The van der Waals surface area contributed by atoms with E-state index in [1.54, 1.807) is 49.4 Å². The first-order valence-electron chi connectivity index (χ1n) is 12.3. The zero-order valence-corrected chi connectivity index (χ0v) is 12.2. The molecule has 2 aromatic rings. The van der Waals surface area contributed by atoms with Gasteiger partial charge in [0.05, 0.1) is 11.4 Å². The summed E-state index contributed by atoms with van der Waals surface area (Å²) in [4.78, 5) is 1.60. The van der Waals surface area contributed by atoms with E-state index in [0.29, 0.717) is 9.79 Å². The average molecular weight is 311 g/mol. The van der Waals surface area contributed by atoms with Crippen LogP contribution in [0.1, 0.15) is 28.4 Å². The van der Waals surface area contributed by atoms with Gasteiger partial charge < -0.3 is 9.80 Å². The molecule has 1 aliphatic rings. The van der Waals surface area contributed by atoms with Crippen LogP contribution in [0.15, 0.2) is 52.3 Å². The Morgan fingerprint density at radius 2 is 1.95 bits per heavy atom. The number of para-hydroxylation sites is 1. The normalized spacial score (nSPS) is 25.0. The lowest BCUT2D eigenvalue weighted by Crippen LogP contribution is -2.25. The molecule has 3 heteroatoms. The molecule has 21 heavy (non-hydrogen) atoms. The van der Waals surface area contributed by atoms with Crippen LogP contribution in [0.4, 0.5) is 11.4 Å². The second kappa shape index (κ2) is 6.12. The summed E-state index contributed by atoms with van der Waals surface area (Å²) in [5, 5.41) is 0. The smallest absolute Gasteiger partial charge is 0.0555 e. The minimum Gasteiger partial charge on any atom is -0.340 e. The van der Waals surface area contributed by atoms with Crippen molar-refractivity contribution in [3.63, 3.8) is 0 Å². The average Bonchev–Trinajstić information content (AvgIpc) is 2.62. The molecule has 3 rings (SSSR count). The summed E-state index contributed by atoms with van der Waals surface area (Å²) >= 11 is 1.33. The van der Waals surface area contributed by atoms with Gasteiger partial charge in [0.1, 0.15) is 0 Å². The van der Waals surface area contributed by atoms with Crippen molar-refractivity contribution in [3.05, 3.63) is 48.0 Å². The maximum absolute atomic E-state index is 8.79. The van der Waals surface area contributed by atoms with Gasteiger partial charge >= 0.3 is 0 Å². The second-order valence-electron chi connectivity index (χ2n) is 4.56. The summed E-state index contributed by atoms with van der Waals surface area (Å²) in [6.45, 7) is -12.4. The molecule has 0 fully saturated rings. The molecule has 2 nitrogen and oxygen atoms in total. The highest BCUT2D eigenvalue weighted by atomic mass is 32.2. The summed E-state index contributed by atoms with van der Waals surface area (Å²) in [5.74, 6) is 0. The number of anilines is 2. The van der Waals surface area contributed by atoms with E-state index in [9.17, 15) is 0 Å². The third-order valence-corrected chi connectivity index (χ3v) is 4.15. The van der Waals surface area contributed by atoms with E-state index >= 15 is 0 Å². The molecule has 0 aromatic heterocycles. The van der Waals surface area contributed by atoms with Gasteiger partial charge in [-0.05, 0) is 63.6 Å². The van der Waals surface area contributed by atoms with Crippen LogP contribution in [0, 0.1) is 6.92 Å². The summed E-state index contributed by atoms with van der Waals surface area (Å²) in [6, 6.07) is 11.7. The van der Waals surface area contributed by atoms with Crippen LogP contribution in [0.3, 0.4) is 0 Å². The molecule has 0 unspecified atom stereocenters. The largest absolute Gasteiger partial charge is 0.340 e. The molecule has 0 amide bonds. The number of nitrogens with zero attached hydrogens (tertiary/aromatic N) is 2. The number of hydrogen-bond acceptors (Lipinski definition) is 3. The SMILES string of the molecule is [2H]C([2H])([2H])N(C([2H])([2H])[2H])C([2H])([2H])C([2H])([2H])C([2H])([2H])N1c2ccccc2Sc2ccc(C)cc21. The van der Waals surface area contributed by atoms with Crippen molar-refractivity contribution in [1.29, 1.82) is 0 Å². The lowest BCUT2D eigenvalue weighted by molar-refractivity contribution is 0.402. The summed E-state index contributed by atoms with van der Waals surface area (Å²) in [5.41, 5.74) is 1.25. The van der Waals surface area contributed by atoms with E-state index in [-0.39, 0.29) is 11.4 Å². The van der Waals surface area contributed by atoms with E-state index in [2.05, 4.69) is 0 Å². The van der Waals surface area contributed by atoms with Crippen LogP contribution in [0.2, 0.25) is 0 Å². The molecular weight excluding hydrogens is 276 g/mol. The molecule has 1 aliphatic heterocycles. The monoisotopic (exact) mass is 310 g/mol. The lowest BCUT2D eigenvalue weighted by Gasteiger charge is -2.33. The van der Waals surface area contributed by atoms with E-state index in [4.69, 9.17) is 16.4 Å². The van der Waals surface area contributed by atoms with E-state index in [1.165, 1.54) is 11.8 Å². The Morgan fingerprint density at radius 3 is 2.81 bits per heavy atom. The number of benzene rings is 2. The van der Waals surface area contributed by atoms with Gasteiger partial charge in [0, 0.05) is 32.7 Å². The maximum atomic E-state index is 8.79. The quantitative estimate of drug-likeness (QED) is 0.818. The van der Waals surface area contributed by atoms with Crippen LogP contribution in [-0.4, -0.2) is 31.8 Å². The van der Waals surface area contributed by atoms with Crippen molar-refractivity contribution in [1.82, 2.24) is 4.90 Å². The van der Waals surface area contributed by atoms with Crippen LogP contribution >= 0.6 is 11.8 Å². The Balaban J connectivity index is 2.26. The zero-order valence-electron chi connectivity index (χ0n) is 23.3. The topological polar surface area (TPSA) is 6.48 Å². The fourth-order valence-electron chi connectivity index (χ4n) is 2.12. The van der Waals surface area contributed by atoms with Crippen LogP contribution in [-0.2, 0) is 0 Å². The Hall–Kier alpha value is -1.45. The van der Waals surface area contributed by atoms with E-state index in [1.807, 2.05) is 0 Å². The Kier molecular flexibility index (Phi) is 1.74. The molecular formula is C18H22N2S. The van der Waals surface area contributed by atoms with Gasteiger partial charge in [-0.1, -0.05) is 30.0 Å². The van der Waals surface area contributed by atoms with Gasteiger partial charge in [0.2, 0.25) is 0 Å². The molecule has 0 atom stereocenters. The molecule has 0 saturated heterocycles. The van der Waals surface area contributed by atoms with Crippen LogP contribution in [0.5, 0.6) is 0 Å². The van der Waals surface area contributed by atoms with Gasteiger partial charge in [-0.2, -0.15) is 0 Å². The van der Waals surface area contributed by atoms with Crippen molar-refractivity contribution < 1.29 is 16.4 Å². The molecule has 0 radical (unpaired) electrons. The number of aryl methyl sites for hydroxylation is 1. The molecule has 110 valence electrons. The molecule has 0 saturated carbocycles. The number of hydrogen-bond donors (Lipinski definition) is 0. The first kappa shape index (κ1) is 5.98. The highest BCUT2D eigenvalue weighted by Crippen LogP contribution is 2.48. The van der Waals surface area contributed by atoms with Crippen molar-refractivity contribution in [3.8, 4) is 0 Å². The summed E-state index contributed by atoms with van der Waals surface area (Å²) in [6.07, 6.45) is -3.64. The minimum atomic E-state index is -3.77. The predicted molar refractivity (Wildman–Crippen MR) is 91.9 cm³/mol. The van der Waals surface area contributed by atoms with Gasteiger partial charge in [0.15, 0.2) is 0 Å². The van der Waals surface area contributed by atoms with E-state index in [0.717, 1.165) is 10.5 Å². The van der Waals surface area contributed by atoms with Gasteiger partial charge in [-0.3, -0.25) is 0 Å². The maximum Gasteiger partial charge on any atom is 0.0555 e. The number of fused-ring (bicyclic) bond motifs is 2. The van der Waals surface area contributed by atoms with Crippen molar-refractivity contribution in [2.45, 2.75) is 23.1 Å². The van der Waals surface area contributed by atoms with Crippen molar-refractivity contribution >= 4 is 23.1 Å². The Morgan fingerprint density at radius 1 is 1.14 bits per heavy atom. The summed E-state index contributed by atoms with van der Waals surface area (Å²) < 4.78 is 96.5. The second-order valence-corrected chi connectivity index (χ2v) is 5.64. The fraction of sp³-hybridized carbons (Fsp3) is 0.333. The fourth-order valence-corrected chi connectivity index (χ4v) is 3.16. The van der Waals surface area contributed by atoms with Gasteiger partial charge in [-0.25, -0.2) is 0 Å². The Bertz CT molecular complexity index is 1030. The number of rotatable bonds is 4. The molecule has 0 spiro atoms. The lowest BCUT2D eigenvalue weighted by atomic mass is 10.1. The molecule has 0 bridgehead atoms. The van der Waals surface area contributed by atoms with Gasteiger partial charge in [-0.15, -0.1) is 0 Å². The standard InChI is InChI=1S/C18H22N2S/c1-14-9-10-18-16(13-14)20(12-6-11-19(2)3)15-7-4-5-8-17(15)21-18/h4-5,7-10,13H,6,11-12H2,1-3H3/i2D3,3D3,6D2,11D2,12D2. The molecule has 0 N–H and O–H groups in total. The molecule has 0 aliphatic carbocycles. The highest BCUT2D eigenvalue weighted by molar-refractivity contribution is 7.99. The zero-order chi connectivity index (χ0) is 25.2. The molecule has 2 aromatic carbocycles. The first-order valence-corrected chi connectivity index (χ1v) is 7.13. The summed E-state index contributed by atoms with van der Waals surface area (Å²) in [7, 11) is 0. The predicted octanol–water partition coefficient (Wildman–Crippen LogP) is 4.55. The highest BCUT2D eigenvalue weighted by Gasteiger charge is 2.22.